The second kappa shape index (κ2) is 10.9. The number of halogens is 2. The molecule has 1 N–H and O–H groups in total. The fourth-order valence-corrected chi connectivity index (χ4v) is 4.93. The highest BCUT2D eigenvalue weighted by molar-refractivity contribution is 6.35. The maximum atomic E-state index is 13.6. The molecule has 198 valence electrons. The molecule has 2 saturated heterocycles. The molecule has 2 heterocycles. The maximum absolute atomic E-state index is 13.6. The molecule has 37 heavy (non-hydrogen) atoms. The van der Waals surface area contributed by atoms with E-state index in [-0.39, 0.29) is 37.9 Å². The number of hydrogen-bond acceptors (Lipinski definition) is 5. The molecule has 3 unspecified atom stereocenters. The number of morpholine rings is 1. The van der Waals surface area contributed by atoms with Crippen molar-refractivity contribution in [1.82, 2.24) is 9.80 Å². The first-order valence-electron chi connectivity index (χ1n) is 12.1. The lowest BCUT2D eigenvalue weighted by molar-refractivity contribution is -0.169. The summed E-state index contributed by atoms with van der Waals surface area (Å²) in [6.07, 6.45) is -2.12. The van der Waals surface area contributed by atoms with Crippen LogP contribution in [0.15, 0.2) is 42.5 Å². The van der Waals surface area contributed by atoms with E-state index < -0.39 is 29.9 Å². The van der Waals surface area contributed by atoms with Crippen molar-refractivity contribution in [3.63, 3.8) is 0 Å². The zero-order valence-electron chi connectivity index (χ0n) is 21.3. The molecule has 3 atom stereocenters. The first-order chi connectivity index (χ1) is 17.4. The zero-order chi connectivity index (χ0) is 26.9. The fraction of sp³-hybridized carbons (Fsp3) is 0.444. The third kappa shape index (κ3) is 6.74. The molecular formula is C27H31Cl2N3O5. The van der Waals surface area contributed by atoms with Crippen LogP contribution >= 0.6 is 23.2 Å². The van der Waals surface area contributed by atoms with Crippen LogP contribution in [0.4, 0.5) is 10.5 Å². The molecule has 2 aliphatic heterocycles. The summed E-state index contributed by atoms with van der Waals surface area (Å²) in [7, 11) is 0. The second-order valence-corrected chi connectivity index (χ2v) is 11.3. The minimum atomic E-state index is -1.00. The van der Waals surface area contributed by atoms with Crippen molar-refractivity contribution in [2.24, 2.45) is 0 Å². The van der Waals surface area contributed by atoms with E-state index >= 15 is 0 Å². The number of carbonyl (C=O) groups excluding carboxylic acids is 3. The number of benzene rings is 2. The first kappa shape index (κ1) is 27.2. The Morgan fingerprint density at radius 3 is 2.46 bits per heavy atom. The normalized spacial score (nSPS) is 21.6. The van der Waals surface area contributed by atoms with E-state index in [2.05, 4.69) is 5.32 Å². The Hall–Kier alpha value is -2.81. The number of ether oxygens (including phenoxy) is 2. The minimum absolute atomic E-state index is 0.160. The Kier molecular flexibility index (Phi) is 8.02. The van der Waals surface area contributed by atoms with Gasteiger partial charge in [-0.2, -0.15) is 0 Å². The van der Waals surface area contributed by atoms with Crippen LogP contribution < -0.4 is 5.32 Å². The highest BCUT2D eigenvalue weighted by atomic mass is 35.5. The summed E-state index contributed by atoms with van der Waals surface area (Å²) >= 11 is 12.5. The molecular weight excluding hydrogens is 517 g/mol. The Morgan fingerprint density at radius 1 is 1.11 bits per heavy atom. The molecule has 2 aromatic carbocycles. The van der Waals surface area contributed by atoms with Crippen molar-refractivity contribution in [2.75, 3.05) is 18.4 Å². The summed E-state index contributed by atoms with van der Waals surface area (Å²) in [5.41, 5.74) is 1.76. The van der Waals surface area contributed by atoms with Gasteiger partial charge < -0.3 is 24.6 Å². The Bertz CT molecular complexity index is 1180. The summed E-state index contributed by atoms with van der Waals surface area (Å²) in [5.74, 6) is -0.676. The largest absolute Gasteiger partial charge is 0.444 e. The minimum Gasteiger partial charge on any atom is -0.444 e. The van der Waals surface area contributed by atoms with Crippen molar-refractivity contribution in [2.45, 2.75) is 64.5 Å². The SMILES string of the molecule is Cc1ccc(NC(=O)CC2OC3CN(C(=O)OC(C)(C)C)CC3N(Cc3ccc(Cl)cc3Cl)C2=O)cc1. The van der Waals surface area contributed by atoms with Gasteiger partial charge in [0, 0.05) is 28.8 Å². The summed E-state index contributed by atoms with van der Waals surface area (Å²) < 4.78 is 11.7. The summed E-state index contributed by atoms with van der Waals surface area (Å²) in [4.78, 5) is 42.4. The molecule has 8 nitrogen and oxygen atoms in total. The van der Waals surface area contributed by atoms with Crippen LogP contribution in [0, 0.1) is 6.92 Å². The summed E-state index contributed by atoms with van der Waals surface area (Å²) in [5, 5.41) is 3.74. The van der Waals surface area contributed by atoms with E-state index in [0.29, 0.717) is 21.3 Å². The predicted octanol–water partition coefficient (Wildman–Crippen LogP) is 5.05. The van der Waals surface area contributed by atoms with Crippen molar-refractivity contribution in [3.8, 4) is 0 Å². The van der Waals surface area contributed by atoms with Gasteiger partial charge in [0.25, 0.3) is 5.91 Å². The number of aryl methyl sites for hydroxylation is 1. The number of likely N-dealkylation sites (tertiary alicyclic amines) is 1. The first-order valence-corrected chi connectivity index (χ1v) is 12.9. The Labute approximate surface area is 226 Å². The third-order valence-corrected chi connectivity index (χ3v) is 6.84. The highest BCUT2D eigenvalue weighted by Gasteiger charge is 2.49. The molecule has 0 saturated carbocycles. The van der Waals surface area contributed by atoms with Gasteiger partial charge >= 0.3 is 6.09 Å². The quantitative estimate of drug-likeness (QED) is 0.566. The van der Waals surface area contributed by atoms with E-state index in [1.54, 1.807) is 60.9 Å². The highest BCUT2D eigenvalue weighted by Crippen LogP contribution is 2.32. The van der Waals surface area contributed by atoms with E-state index in [1.807, 2.05) is 19.1 Å². The van der Waals surface area contributed by atoms with Gasteiger partial charge in [-0.25, -0.2) is 4.79 Å². The molecule has 0 aromatic heterocycles. The number of rotatable bonds is 5. The van der Waals surface area contributed by atoms with Gasteiger partial charge in [0.15, 0.2) is 0 Å². The van der Waals surface area contributed by atoms with Crippen molar-refractivity contribution in [3.05, 3.63) is 63.6 Å². The number of anilines is 1. The van der Waals surface area contributed by atoms with E-state index in [1.165, 1.54) is 0 Å². The van der Waals surface area contributed by atoms with Crippen molar-refractivity contribution in [1.29, 1.82) is 0 Å². The van der Waals surface area contributed by atoms with Crippen LogP contribution in [0.2, 0.25) is 10.0 Å². The fourth-order valence-electron chi connectivity index (χ4n) is 4.46. The molecule has 2 aliphatic rings. The second-order valence-electron chi connectivity index (χ2n) is 10.4. The van der Waals surface area contributed by atoms with Gasteiger partial charge in [0.05, 0.1) is 25.1 Å². The van der Waals surface area contributed by atoms with E-state index in [9.17, 15) is 14.4 Å². The third-order valence-electron chi connectivity index (χ3n) is 6.25. The Balaban J connectivity index is 1.54. The molecule has 10 heteroatoms. The van der Waals surface area contributed by atoms with Crippen LogP contribution in [-0.2, 0) is 25.6 Å². The van der Waals surface area contributed by atoms with Gasteiger partial charge in [-0.05, 0) is 57.5 Å². The van der Waals surface area contributed by atoms with Gasteiger partial charge in [-0.1, -0.05) is 47.0 Å². The van der Waals surface area contributed by atoms with Crippen LogP contribution in [0.1, 0.15) is 38.3 Å². The Morgan fingerprint density at radius 2 is 1.81 bits per heavy atom. The molecule has 0 radical (unpaired) electrons. The predicted molar refractivity (Wildman–Crippen MR) is 142 cm³/mol. The average Bonchev–Trinajstić information content (AvgIpc) is 3.22. The number of carbonyl (C=O) groups is 3. The zero-order valence-corrected chi connectivity index (χ0v) is 22.8. The standard InChI is InChI=1S/C27H31Cl2N3O5/c1-16-5-9-19(10-6-16)30-24(33)12-22-25(34)32(13-17-7-8-18(28)11-20(17)29)21-14-31(15-23(21)36-22)26(35)37-27(2,3)4/h5-11,21-23H,12-15H2,1-4H3,(H,30,33). The number of hydrogen-bond donors (Lipinski definition) is 1. The molecule has 0 spiro atoms. The number of amides is 3. The smallest absolute Gasteiger partial charge is 0.410 e. The van der Waals surface area contributed by atoms with Gasteiger partial charge in [0.1, 0.15) is 11.7 Å². The lowest BCUT2D eigenvalue weighted by Crippen LogP contribution is -2.58. The van der Waals surface area contributed by atoms with Crippen LogP contribution in [0.5, 0.6) is 0 Å². The summed E-state index contributed by atoms with van der Waals surface area (Å²) in [6, 6.07) is 12.1. The van der Waals surface area contributed by atoms with E-state index in [4.69, 9.17) is 32.7 Å². The molecule has 2 fully saturated rings. The molecule has 0 bridgehead atoms. The van der Waals surface area contributed by atoms with Crippen LogP contribution in [-0.4, -0.2) is 64.6 Å². The molecule has 0 aliphatic carbocycles. The van der Waals surface area contributed by atoms with E-state index in [0.717, 1.165) is 5.56 Å². The lowest BCUT2D eigenvalue weighted by Gasteiger charge is -2.40. The number of nitrogens with zero attached hydrogens (tertiary/aromatic N) is 2. The van der Waals surface area contributed by atoms with Crippen molar-refractivity contribution >= 4 is 46.8 Å². The maximum Gasteiger partial charge on any atom is 0.410 e. The molecule has 4 rings (SSSR count). The molecule has 3 amide bonds. The van der Waals surface area contributed by atoms with Gasteiger partial charge in [-0.15, -0.1) is 0 Å². The monoisotopic (exact) mass is 547 g/mol. The number of nitrogens with one attached hydrogen (secondary N) is 1. The van der Waals surface area contributed by atoms with Crippen LogP contribution in [0.25, 0.3) is 0 Å². The lowest BCUT2D eigenvalue weighted by atomic mass is 10.0. The van der Waals surface area contributed by atoms with Gasteiger partial charge in [-0.3, -0.25) is 9.59 Å². The number of fused-ring (bicyclic) bond motifs is 1. The average molecular weight is 548 g/mol. The molecule has 2 aromatic rings. The van der Waals surface area contributed by atoms with Gasteiger partial charge in [0.2, 0.25) is 5.91 Å². The summed E-state index contributed by atoms with van der Waals surface area (Å²) in [6.45, 7) is 8.03. The van der Waals surface area contributed by atoms with Crippen LogP contribution in [0.3, 0.4) is 0 Å². The van der Waals surface area contributed by atoms with Crippen molar-refractivity contribution < 1.29 is 23.9 Å². The topological polar surface area (TPSA) is 88.2 Å².